The lowest BCUT2D eigenvalue weighted by molar-refractivity contribution is 0.0929. The van der Waals surface area contributed by atoms with Crippen LogP contribution in [0.4, 0.5) is 4.39 Å². The van der Waals surface area contributed by atoms with E-state index >= 15 is 0 Å². The van der Waals surface area contributed by atoms with Crippen molar-refractivity contribution in [1.29, 1.82) is 0 Å². The minimum atomic E-state index is -0.483. The van der Waals surface area contributed by atoms with Gasteiger partial charge in [-0.3, -0.25) is 4.79 Å². The predicted octanol–water partition coefficient (Wildman–Crippen LogP) is 6.47. The Kier molecular flexibility index (Phi) is 8.22. The third-order valence-electron chi connectivity index (χ3n) is 5.03. The third-order valence-corrected chi connectivity index (χ3v) is 5.62. The lowest BCUT2D eigenvalue weighted by Crippen LogP contribution is -2.16. The molecule has 36 heavy (non-hydrogen) atoms. The summed E-state index contributed by atoms with van der Waals surface area (Å²) >= 11 is 3.51. The van der Waals surface area contributed by atoms with Crippen LogP contribution in [0.25, 0.3) is 11.0 Å². The van der Waals surface area contributed by atoms with Gasteiger partial charge in [-0.15, -0.1) is 0 Å². The SMILES string of the molecule is CCOc1ccc2oc(C(=O)N/N=C/c3cc(Br)c(OCc4ccc(F)cc4)c(OCC)c3)cc2c1. The van der Waals surface area contributed by atoms with Gasteiger partial charge in [0.05, 0.1) is 23.9 Å². The molecule has 4 aromatic rings. The van der Waals surface area contributed by atoms with Crippen LogP contribution < -0.4 is 19.6 Å². The zero-order valence-electron chi connectivity index (χ0n) is 19.7. The topological polar surface area (TPSA) is 82.3 Å². The summed E-state index contributed by atoms with van der Waals surface area (Å²) in [4.78, 5) is 12.5. The van der Waals surface area contributed by atoms with Crippen LogP contribution in [0.5, 0.6) is 17.2 Å². The maximum absolute atomic E-state index is 13.1. The van der Waals surface area contributed by atoms with Crippen molar-refractivity contribution < 1.29 is 27.8 Å². The Bertz CT molecular complexity index is 1390. The van der Waals surface area contributed by atoms with Gasteiger partial charge in [0.15, 0.2) is 17.3 Å². The van der Waals surface area contributed by atoms with Crippen molar-refractivity contribution in [2.24, 2.45) is 5.10 Å². The van der Waals surface area contributed by atoms with E-state index in [0.717, 1.165) is 10.9 Å². The highest BCUT2D eigenvalue weighted by atomic mass is 79.9. The lowest BCUT2D eigenvalue weighted by atomic mass is 10.2. The molecule has 0 spiro atoms. The molecule has 4 rings (SSSR count). The Hall–Kier alpha value is -3.85. The highest BCUT2D eigenvalue weighted by Crippen LogP contribution is 2.37. The zero-order valence-corrected chi connectivity index (χ0v) is 21.3. The largest absolute Gasteiger partial charge is 0.494 e. The molecule has 0 saturated heterocycles. The molecule has 0 atom stereocenters. The van der Waals surface area contributed by atoms with E-state index in [1.54, 1.807) is 42.5 Å². The molecule has 1 aromatic heterocycles. The van der Waals surface area contributed by atoms with E-state index in [9.17, 15) is 9.18 Å². The van der Waals surface area contributed by atoms with Gasteiger partial charge >= 0.3 is 5.91 Å². The van der Waals surface area contributed by atoms with Crippen molar-refractivity contribution in [3.05, 3.63) is 87.8 Å². The molecular formula is C27H24BrFN2O5. The summed E-state index contributed by atoms with van der Waals surface area (Å²) in [6.07, 6.45) is 1.49. The lowest BCUT2D eigenvalue weighted by Gasteiger charge is -2.14. The highest BCUT2D eigenvalue weighted by Gasteiger charge is 2.14. The van der Waals surface area contributed by atoms with Crippen LogP contribution in [0.3, 0.4) is 0 Å². The molecule has 0 aliphatic rings. The first-order chi connectivity index (χ1) is 17.5. The summed E-state index contributed by atoms with van der Waals surface area (Å²) in [6, 6.07) is 16.6. The number of halogens is 2. The first-order valence-corrected chi connectivity index (χ1v) is 12.1. The summed E-state index contributed by atoms with van der Waals surface area (Å²) in [6.45, 7) is 4.98. The van der Waals surface area contributed by atoms with Crippen molar-refractivity contribution in [2.45, 2.75) is 20.5 Å². The molecule has 0 aliphatic heterocycles. The molecule has 0 fully saturated rings. The normalized spacial score (nSPS) is 11.1. The first-order valence-electron chi connectivity index (χ1n) is 11.3. The van der Waals surface area contributed by atoms with Crippen molar-refractivity contribution in [2.75, 3.05) is 13.2 Å². The second-order valence-electron chi connectivity index (χ2n) is 7.62. The Labute approximate surface area is 216 Å². The number of carbonyl (C=O) groups is 1. The molecule has 1 heterocycles. The van der Waals surface area contributed by atoms with E-state index < -0.39 is 5.91 Å². The molecule has 1 N–H and O–H groups in total. The second kappa shape index (κ2) is 11.7. The van der Waals surface area contributed by atoms with Crippen LogP contribution in [-0.2, 0) is 6.61 Å². The monoisotopic (exact) mass is 554 g/mol. The number of hydrazone groups is 1. The van der Waals surface area contributed by atoms with Gasteiger partial charge in [0, 0.05) is 5.39 Å². The molecule has 186 valence electrons. The summed E-state index contributed by atoms with van der Waals surface area (Å²) in [5, 5.41) is 4.81. The van der Waals surface area contributed by atoms with Crippen LogP contribution in [-0.4, -0.2) is 25.3 Å². The summed E-state index contributed by atoms with van der Waals surface area (Å²) in [5.74, 6) is 1.07. The third kappa shape index (κ3) is 6.23. The second-order valence-corrected chi connectivity index (χ2v) is 8.47. The average molecular weight is 555 g/mol. The van der Waals surface area contributed by atoms with Gasteiger partial charge in [0.1, 0.15) is 23.8 Å². The van der Waals surface area contributed by atoms with E-state index in [4.69, 9.17) is 18.6 Å². The van der Waals surface area contributed by atoms with E-state index in [0.29, 0.717) is 46.1 Å². The van der Waals surface area contributed by atoms with Crippen molar-refractivity contribution >= 4 is 39.0 Å². The Morgan fingerprint density at radius 3 is 2.56 bits per heavy atom. The van der Waals surface area contributed by atoms with Gasteiger partial charge in [-0.25, -0.2) is 9.82 Å². The van der Waals surface area contributed by atoms with Crippen LogP contribution in [0.1, 0.15) is 35.5 Å². The Balaban J connectivity index is 1.44. The molecule has 3 aromatic carbocycles. The zero-order chi connectivity index (χ0) is 25.5. The predicted molar refractivity (Wildman–Crippen MR) is 138 cm³/mol. The van der Waals surface area contributed by atoms with E-state index in [-0.39, 0.29) is 18.2 Å². The van der Waals surface area contributed by atoms with Crippen molar-refractivity contribution in [1.82, 2.24) is 5.43 Å². The number of hydrogen-bond acceptors (Lipinski definition) is 6. The van der Waals surface area contributed by atoms with Gasteiger partial charge in [-0.05, 0) is 89.4 Å². The molecule has 0 saturated carbocycles. The number of furan rings is 1. The summed E-state index contributed by atoms with van der Waals surface area (Å²) < 4.78 is 36.5. The summed E-state index contributed by atoms with van der Waals surface area (Å²) in [7, 11) is 0. The van der Waals surface area contributed by atoms with Crippen LogP contribution >= 0.6 is 15.9 Å². The number of benzene rings is 3. The number of rotatable bonds is 10. The number of carbonyl (C=O) groups excluding carboxylic acids is 1. The molecular weight excluding hydrogens is 531 g/mol. The maximum atomic E-state index is 13.1. The highest BCUT2D eigenvalue weighted by molar-refractivity contribution is 9.10. The smallest absolute Gasteiger partial charge is 0.307 e. The van der Waals surface area contributed by atoms with E-state index in [1.165, 1.54) is 18.3 Å². The fourth-order valence-corrected chi connectivity index (χ4v) is 3.99. The molecule has 7 nitrogen and oxygen atoms in total. The average Bonchev–Trinajstić information content (AvgIpc) is 3.29. The standard InChI is InChI=1S/C27H24BrFN2O5/c1-3-33-21-9-10-23-19(13-21)14-25(36-23)27(32)31-30-15-18-11-22(28)26(24(12-18)34-4-2)35-16-17-5-7-20(29)8-6-17/h5-15H,3-4,16H2,1-2H3,(H,31,32)/b30-15+. The number of ether oxygens (including phenoxy) is 3. The van der Waals surface area contributed by atoms with Crippen molar-refractivity contribution in [3.63, 3.8) is 0 Å². The van der Waals surface area contributed by atoms with Gasteiger partial charge in [-0.2, -0.15) is 5.10 Å². The Morgan fingerprint density at radius 1 is 1.03 bits per heavy atom. The molecule has 0 aliphatic carbocycles. The van der Waals surface area contributed by atoms with Crippen molar-refractivity contribution in [3.8, 4) is 17.2 Å². The van der Waals surface area contributed by atoms with E-state index in [1.807, 2.05) is 19.9 Å². The quantitative estimate of drug-likeness (QED) is 0.179. The molecule has 9 heteroatoms. The fourth-order valence-electron chi connectivity index (χ4n) is 3.41. The van der Waals surface area contributed by atoms with Crippen LogP contribution in [0.15, 0.2) is 74.7 Å². The minimum absolute atomic E-state index is 0.136. The number of nitrogens with zero attached hydrogens (tertiary/aromatic N) is 1. The number of amides is 1. The fraction of sp³-hybridized carbons (Fsp3) is 0.185. The van der Waals surface area contributed by atoms with Crippen LogP contribution in [0, 0.1) is 5.82 Å². The van der Waals surface area contributed by atoms with E-state index in [2.05, 4.69) is 26.5 Å². The van der Waals surface area contributed by atoms with Gasteiger partial charge in [0.2, 0.25) is 0 Å². The van der Waals surface area contributed by atoms with Gasteiger partial charge < -0.3 is 18.6 Å². The number of nitrogens with one attached hydrogen (secondary N) is 1. The molecule has 1 amide bonds. The van der Waals surface area contributed by atoms with Crippen LogP contribution in [0.2, 0.25) is 0 Å². The first kappa shape index (κ1) is 25.2. The maximum Gasteiger partial charge on any atom is 0.307 e. The van der Waals surface area contributed by atoms with Gasteiger partial charge in [0.25, 0.3) is 0 Å². The molecule has 0 radical (unpaired) electrons. The van der Waals surface area contributed by atoms with Gasteiger partial charge in [-0.1, -0.05) is 12.1 Å². The Morgan fingerprint density at radius 2 is 1.81 bits per heavy atom. The number of hydrogen-bond donors (Lipinski definition) is 1. The summed E-state index contributed by atoms with van der Waals surface area (Å²) in [5.41, 5.74) is 4.54. The number of fused-ring (bicyclic) bond motifs is 1. The molecule has 0 unspecified atom stereocenters. The minimum Gasteiger partial charge on any atom is -0.494 e. The molecule has 0 bridgehead atoms.